The van der Waals surface area contributed by atoms with Crippen molar-refractivity contribution in [2.24, 2.45) is 11.3 Å². The molecule has 0 saturated carbocycles. The third-order valence-electron chi connectivity index (χ3n) is 2.89. The van der Waals surface area contributed by atoms with Crippen molar-refractivity contribution in [2.45, 2.75) is 33.6 Å². The Morgan fingerprint density at radius 2 is 2.16 bits per heavy atom. The molecular weight excluding hydrogens is 264 g/mol. The van der Waals surface area contributed by atoms with Gasteiger partial charge in [0.2, 0.25) is 0 Å². The molecule has 0 fully saturated rings. The Morgan fingerprint density at radius 3 is 2.58 bits per heavy atom. The summed E-state index contributed by atoms with van der Waals surface area (Å²) in [6, 6.07) is 3.70. The Labute approximate surface area is 117 Å². The maximum absolute atomic E-state index is 12.2. The third-order valence-corrected chi connectivity index (χ3v) is 3.76. The molecule has 106 valence electrons. The average molecular weight is 284 g/mol. The Hall–Kier alpha value is -1.36. The van der Waals surface area contributed by atoms with E-state index in [0.29, 0.717) is 0 Å². The minimum Gasteiger partial charge on any atom is -0.480 e. The molecule has 0 aliphatic carbocycles. The molecule has 1 atom stereocenters. The molecule has 0 saturated heterocycles. The van der Waals surface area contributed by atoms with E-state index in [-0.39, 0.29) is 25.4 Å². The number of esters is 1. The molecule has 0 spiro atoms. The van der Waals surface area contributed by atoms with E-state index in [0.717, 1.165) is 4.88 Å². The van der Waals surface area contributed by atoms with E-state index < -0.39 is 17.4 Å². The van der Waals surface area contributed by atoms with Gasteiger partial charge >= 0.3 is 11.9 Å². The molecule has 19 heavy (non-hydrogen) atoms. The second-order valence-corrected chi connectivity index (χ2v) is 5.99. The largest absolute Gasteiger partial charge is 0.480 e. The van der Waals surface area contributed by atoms with Crippen molar-refractivity contribution in [2.75, 3.05) is 6.61 Å². The Kier molecular flexibility index (Phi) is 5.54. The molecule has 1 unspecified atom stereocenters. The molecule has 1 heterocycles. The lowest BCUT2D eigenvalue weighted by Crippen LogP contribution is -2.43. The van der Waals surface area contributed by atoms with Crippen LogP contribution in [-0.2, 0) is 20.7 Å². The molecule has 1 rings (SSSR count). The predicted molar refractivity (Wildman–Crippen MR) is 74.2 cm³/mol. The Balaban J connectivity index is 3.10. The molecule has 0 aliphatic heterocycles. The lowest BCUT2D eigenvalue weighted by molar-refractivity contribution is -0.170. The summed E-state index contributed by atoms with van der Waals surface area (Å²) in [7, 11) is 0. The molecule has 5 heteroatoms. The number of carbonyl (C=O) groups excluding carboxylic acids is 1. The first kappa shape index (κ1) is 15.7. The Morgan fingerprint density at radius 1 is 1.47 bits per heavy atom. The molecule has 1 aromatic rings. The number of aliphatic carboxylic acids is 1. The number of ether oxygens (including phenoxy) is 1. The SMILES string of the molecule is CCOC(=O)C(Cc1cccs1)(CC(C)C)C(=O)O. The second kappa shape index (κ2) is 6.70. The van der Waals surface area contributed by atoms with Gasteiger partial charge in [0, 0.05) is 11.3 Å². The van der Waals surface area contributed by atoms with Gasteiger partial charge in [0.05, 0.1) is 6.61 Å². The monoisotopic (exact) mass is 284 g/mol. The molecule has 1 N–H and O–H groups in total. The van der Waals surface area contributed by atoms with Gasteiger partial charge in [-0.3, -0.25) is 9.59 Å². The number of carboxylic acids is 1. The van der Waals surface area contributed by atoms with Crippen LogP contribution in [0.15, 0.2) is 17.5 Å². The van der Waals surface area contributed by atoms with Crippen LogP contribution >= 0.6 is 11.3 Å². The molecule has 1 aromatic heterocycles. The van der Waals surface area contributed by atoms with E-state index in [4.69, 9.17) is 4.74 Å². The molecule has 0 amide bonds. The number of carboxylic acid groups (broad SMARTS) is 1. The zero-order chi connectivity index (χ0) is 14.5. The first-order valence-electron chi connectivity index (χ1n) is 6.35. The van der Waals surface area contributed by atoms with Gasteiger partial charge in [-0.25, -0.2) is 0 Å². The number of carbonyl (C=O) groups is 2. The standard InChI is InChI=1S/C14H20O4S/c1-4-18-13(17)14(12(15)16,8-10(2)3)9-11-6-5-7-19-11/h5-7,10H,4,8-9H2,1-3H3,(H,15,16). The summed E-state index contributed by atoms with van der Waals surface area (Å²) in [6.45, 7) is 5.69. The van der Waals surface area contributed by atoms with Gasteiger partial charge < -0.3 is 9.84 Å². The summed E-state index contributed by atoms with van der Waals surface area (Å²) in [5.74, 6) is -1.64. The summed E-state index contributed by atoms with van der Waals surface area (Å²) in [5.41, 5.74) is -1.48. The van der Waals surface area contributed by atoms with Crippen LogP contribution in [0.2, 0.25) is 0 Å². The quantitative estimate of drug-likeness (QED) is 0.617. The second-order valence-electron chi connectivity index (χ2n) is 4.96. The van der Waals surface area contributed by atoms with Crippen LogP contribution in [0.1, 0.15) is 32.1 Å². The molecular formula is C14H20O4S. The number of hydrogen-bond acceptors (Lipinski definition) is 4. The van der Waals surface area contributed by atoms with Gasteiger partial charge in [-0.05, 0) is 30.7 Å². The summed E-state index contributed by atoms with van der Waals surface area (Å²) in [5, 5.41) is 11.4. The van der Waals surface area contributed by atoms with Crippen LogP contribution in [0, 0.1) is 11.3 Å². The van der Waals surface area contributed by atoms with Crippen molar-refractivity contribution in [3.63, 3.8) is 0 Å². The van der Waals surface area contributed by atoms with Gasteiger partial charge in [0.15, 0.2) is 5.41 Å². The minimum atomic E-state index is -1.48. The molecule has 0 aliphatic rings. The van der Waals surface area contributed by atoms with E-state index >= 15 is 0 Å². The van der Waals surface area contributed by atoms with Crippen molar-refractivity contribution >= 4 is 23.3 Å². The third kappa shape index (κ3) is 3.80. The van der Waals surface area contributed by atoms with Gasteiger partial charge in [-0.2, -0.15) is 0 Å². The fourth-order valence-corrected chi connectivity index (χ4v) is 2.97. The highest BCUT2D eigenvalue weighted by Crippen LogP contribution is 2.34. The lowest BCUT2D eigenvalue weighted by Gasteiger charge is -2.28. The van der Waals surface area contributed by atoms with Crippen molar-refractivity contribution in [3.8, 4) is 0 Å². The van der Waals surface area contributed by atoms with E-state index in [1.54, 1.807) is 6.92 Å². The van der Waals surface area contributed by atoms with E-state index in [1.807, 2.05) is 31.4 Å². The highest BCUT2D eigenvalue weighted by atomic mass is 32.1. The normalized spacial score (nSPS) is 14.1. The number of thiophene rings is 1. The van der Waals surface area contributed by atoms with E-state index in [9.17, 15) is 14.7 Å². The fraction of sp³-hybridized carbons (Fsp3) is 0.571. The van der Waals surface area contributed by atoms with Crippen LogP contribution in [0.5, 0.6) is 0 Å². The summed E-state index contributed by atoms with van der Waals surface area (Å²) < 4.78 is 5.00. The van der Waals surface area contributed by atoms with Crippen LogP contribution in [0.4, 0.5) is 0 Å². The highest BCUT2D eigenvalue weighted by molar-refractivity contribution is 7.09. The van der Waals surface area contributed by atoms with Crippen LogP contribution in [0.25, 0.3) is 0 Å². The van der Waals surface area contributed by atoms with Gasteiger partial charge in [-0.1, -0.05) is 19.9 Å². The van der Waals surface area contributed by atoms with Crippen LogP contribution < -0.4 is 0 Å². The zero-order valence-corrected chi connectivity index (χ0v) is 12.3. The number of hydrogen-bond donors (Lipinski definition) is 1. The maximum atomic E-state index is 12.2. The van der Waals surface area contributed by atoms with Crippen molar-refractivity contribution in [3.05, 3.63) is 22.4 Å². The zero-order valence-electron chi connectivity index (χ0n) is 11.5. The maximum Gasteiger partial charge on any atom is 0.323 e. The minimum absolute atomic E-state index is 0.0977. The van der Waals surface area contributed by atoms with E-state index in [2.05, 4.69) is 0 Å². The van der Waals surface area contributed by atoms with Crippen LogP contribution in [0.3, 0.4) is 0 Å². The van der Waals surface area contributed by atoms with E-state index in [1.165, 1.54) is 11.3 Å². The van der Waals surface area contributed by atoms with Gasteiger partial charge in [-0.15, -0.1) is 11.3 Å². The smallest absolute Gasteiger partial charge is 0.323 e. The van der Waals surface area contributed by atoms with Crippen LogP contribution in [-0.4, -0.2) is 23.7 Å². The number of rotatable bonds is 7. The topological polar surface area (TPSA) is 63.6 Å². The lowest BCUT2D eigenvalue weighted by atomic mass is 9.77. The molecule has 4 nitrogen and oxygen atoms in total. The van der Waals surface area contributed by atoms with Crippen molar-refractivity contribution in [1.82, 2.24) is 0 Å². The average Bonchev–Trinajstić information content (AvgIpc) is 2.80. The molecule has 0 bridgehead atoms. The predicted octanol–water partition coefficient (Wildman–Crippen LogP) is 2.97. The summed E-state index contributed by atoms with van der Waals surface area (Å²) >= 11 is 1.46. The van der Waals surface area contributed by atoms with Gasteiger partial charge in [0.25, 0.3) is 0 Å². The molecule has 0 aromatic carbocycles. The summed E-state index contributed by atoms with van der Waals surface area (Å²) in [6.07, 6.45) is 0.468. The Bertz CT molecular complexity index is 425. The summed E-state index contributed by atoms with van der Waals surface area (Å²) in [4.78, 5) is 24.8. The van der Waals surface area contributed by atoms with Crippen molar-refractivity contribution < 1.29 is 19.4 Å². The molecule has 0 radical (unpaired) electrons. The fourth-order valence-electron chi connectivity index (χ4n) is 2.15. The highest BCUT2D eigenvalue weighted by Gasteiger charge is 2.48. The van der Waals surface area contributed by atoms with Gasteiger partial charge in [0.1, 0.15) is 0 Å². The first-order chi connectivity index (χ1) is 8.92. The van der Waals surface area contributed by atoms with Crippen molar-refractivity contribution in [1.29, 1.82) is 0 Å². The first-order valence-corrected chi connectivity index (χ1v) is 7.23.